The first-order valence-corrected chi connectivity index (χ1v) is 7.77. The van der Waals surface area contributed by atoms with Crippen LogP contribution in [0.15, 0.2) is 0 Å². The number of carbonyl (C=O) groups is 2. The van der Waals surface area contributed by atoms with Crippen molar-refractivity contribution in [3.63, 3.8) is 0 Å². The van der Waals surface area contributed by atoms with Crippen LogP contribution >= 0.6 is 0 Å². The minimum atomic E-state index is -0.575. The molecule has 0 aromatic heterocycles. The maximum Gasteiger partial charge on any atom is 0.408 e. The first-order valence-electron chi connectivity index (χ1n) is 7.77. The molecule has 1 fully saturated rings. The van der Waals surface area contributed by atoms with Gasteiger partial charge in [0.15, 0.2) is 0 Å². The lowest BCUT2D eigenvalue weighted by atomic mass is 10.1. The highest BCUT2D eigenvalue weighted by Gasteiger charge is 2.29. The Morgan fingerprint density at radius 2 is 2.10 bits per heavy atom. The molecule has 6 heteroatoms. The van der Waals surface area contributed by atoms with Crippen LogP contribution in [-0.4, -0.2) is 54.2 Å². The van der Waals surface area contributed by atoms with Gasteiger partial charge in [0.2, 0.25) is 5.91 Å². The first-order chi connectivity index (χ1) is 9.75. The number of carbonyl (C=O) groups excluding carboxylic acids is 2. The molecular formula is C15H29N3O3. The molecule has 0 spiro atoms. The van der Waals surface area contributed by atoms with Gasteiger partial charge in [-0.1, -0.05) is 13.8 Å². The van der Waals surface area contributed by atoms with Crippen molar-refractivity contribution >= 4 is 12.0 Å². The second kappa shape index (κ2) is 7.64. The quantitative estimate of drug-likeness (QED) is 0.828. The zero-order valence-corrected chi connectivity index (χ0v) is 13.9. The largest absolute Gasteiger partial charge is 0.444 e. The van der Waals surface area contributed by atoms with Crippen LogP contribution in [0.3, 0.4) is 0 Å². The lowest BCUT2D eigenvalue weighted by Crippen LogP contribution is -2.57. The molecule has 122 valence electrons. The smallest absolute Gasteiger partial charge is 0.408 e. The van der Waals surface area contributed by atoms with E-state index in [1.54, 1.807) is 20.8 Å². The van der Waals surface area contributed by atoms with Crippen molar-refractivity contribution in [2.45, 2.75) is 65.1 Å². The van der Waals surface area contributed by atoms with Crippen molar-refractivity contribution in [2.75, 3.05) is 19.6 Å². The predicted molar refractivity (Wildman–Crippen MR) is 82.1 cm³/mol. The highest BCUT2D eigenvalue weighted by Crippen LogP contribution is 2.09. The Balaban J connectivity index is 2.71. The minimum Gasteiger partial charge on any atom is -0.444 e. The van der Waals surface area contributed by atoms with Gasteiger partial charge in [-0.15, -0.1) is 0 Å². The Bertz CT molecular complexity index is 366. The number of amides is 2. The third-order valence-electron chi connectivity index (χ3n) is 3.53. The Morgan fingerprint density at radius 1 is 1.43 bits per heavy atom. The summed E-state index contributed by atoms with van der Waals surface area (Å²) in [5, 5.41) is 5.68. The van der Waals surface area contributed by atoms with Gasteiger partial charge in [-0.05, 0) is 40.2 Å². The number of ether oxygens (including phenoxy) is 1. The maximum absolute atomic E-state index is 12.3. The average molecular weight is 299 g/mol. The molecule has 2 N–H and O–H groups in total. The predicted octanol–water partition coefficient (Wildman–Crippen LogP) is 1.50. The summed E-state index contributed by atoms with van der Waals surface area (Å²) in [5.41, 5.74) is -0.571. The van der Waals surface area contributed by atoms with Gasteiger partial charge in [0.05, 0.1) is 0 Å². The van der Waals surface area contributed by atoms with Crippen LogP contribution in [0.5, 0.6) is 0 Å². The monoisotopic (exact) mass is 299 g/mol. The van der Waals surface area contributed by atoms with E-state index in [4.69, 9.17) is 4.74 Å². The fourth-order valence-electron chi connectivity index (χ4n) is 2.30. The molecular weight excluding hydrogens is 270 g/mol. The van der Waals surface area contributed by atoms with Crippen LogP contribution in [0.25, 0.3) is 0 Å². The Labute approximate surface area is 127 Å². The zero-order chi connectivity index (χ0) is 16.0. The van der Waals surface area contributed by atoms with Gasteiger partial charge in [0.25, 0.3) is 0 Å². The van der Waals surface area contributed by atoms with E-state index >= 15 is 0 Å². The Kier molecular flexibility index (Phi) is 6.45. The van der Waals surface area contributed by atoms with Crippen LogP contribution in [0.2, 0.25) is 0 Å². The van der Waals surface area contributed by atoms with E-state index in [0.29, 0.717) is 6.54 Å². The molecule has 0 aliphatic carbocycles. The van der Waals surface area contributed by atoms with E-state index in [-0.39, 0.29) is 11.9 Å². The number of nitrogens with zero attached hydrogens (tertiary/aromatic N) is 1. The summed E-state index contributed by atoms with van der Waals surface area (Å²) in [4.78, 5) is 26.4. The molecule has 1 aliphatic heterocycles. The fourth-order valence-corrected chi connectivity index (χ4v) is 2.30. The van der Waals surface area contributed by atoms with E-state index in [9.17, 15) is 9.59 Å². The lowest BCUT2D eigenvalue weighted by Gasteiger charge is -2.32. The molecule has 0 bridgehead atoms. The lowest BCUT2D eigenvalue weighted by molar-refractivity contribution is -0.125. The van der Waals surface area contributed by atoms with E-state index < -0.39 is 17.7 Å². The van der Waals surface area contributed by atoms with E-state index in [0.717, 1.165) is 25.9 Å². The van der Waals surface area contributed by atoms with Crippen molar-refractivity contribution in [3.05, 3.63) is 0 Å². The highest BCUT2D eigenvalue weighted by molar-refractivity contribution is 5.86. The molecule has 0 aromatic carbocycles. The maximum atomic E-state index is 12.3. The molecule has 0 aromatic rings. The van der Waals surface area contributed by atoms with Gasteiger partial charge in [0, 0.05) is 19.1 Å². The second-order valence-electron chi connectivity index (χ2n) is 6.49. The molecule has 1 saturated heterocycles. The second-order valence-corrected chi connectivity index (χ2v) is 6.49. The third kappa shape index (κ3) is 6.33. The minimum absolute atomic E-state index is 0.133. The summed E-state index contributed by atoms with van der Waals surface area (Å²) in [6.07, 6.45) is 1.28. The molecule has 2 atom stereocenters. The summed E-state index contributed by atoms with van der Waals surface area (Å²) in [5.74, 6) is -0.133. The van der Waals surface area contributed by atoms with Crippen LogP contribution in [0.1, 0.15) is 47.5 Å². The van der Waals surface area contributed by atoms with Crippen LogP contribution in [-0.2, 0) is 9.53 Å². The van der Waals surface area contributed by atoms with Crippen molar-refractivity contribution in [1.29, 1.82) is 0 Å². The van der Waals surface area contributed by atoms with Crippen molar-refractivity contribution in [1.82, 2.24) is 15.5 Å². The molecule has 0 unspecified atom stereocenters. The molecule has 2 amide bonds. The number of nitrogens with one attached hydrogen (secondary N) is 2. The Morgan fingerprint density at radius 3 is 2.62 bits per heavy atom. The van der Waals surface area contributed by atoms with Crippen LogP contribution in [0.4, 0.5) is 4.79 Å². The Hall–Kier alpha value is -1.30. The topological polar surface area (TPSA) is 70.7 Å². The van der Waals surface area contributed by atoms with Crippen molar-refractivity contribution < 1.29 is 14.3 Å². The average Bonchev–Trinajstić information content (AvgIpc) is 2.36. The molecule has 1 heterocycles. The molecule has 0 radical (unpaired) electrons. The summed E-state index contributed by atoms with van der Waals surface area (Å²) >= 11 is 0. The molecule has 1 rings (SSSR count). The van der Waals surface area contributed by atoms with E-state index in [2.05, 4.69) is 29.4 Å². The van der Waals surface area contributed by atoms with Crippen LogP contribution in [0, 0.1) is 0 Å². The summed E-state index contributed by atoms with van der Waals surface area (Å²) in [6.45, 7) is 11.8. The van der Waals surface area contributed by atoms with Gasteiger partial charge < -0.3 is 20.3 Å². The van der Waals surface area contributed by atoms with Gasteiger partial charge >= 0.3 is 6.09 Å². The summed E-state index contributed by atoms with van der Waals surface area (Å²) in [7, 11) is 0. The summed E-state index contributed by atoms with van der Waals surface area (Å²) < 4.78 is 5.23. The number of hydrogen-bond acceptors (Lipinski definition) is 4. The van der Waals surface area contributed by atoms with Gasteiger partial charge in [-0.25, -0.2) is 4.79 Å². The van der Waals surface area contributed by atoms with E-state index in [1.165, 1.54) is 0 Å². The van der Waals surface area contributed by atoms with E-state index in [1.807, 2.05) is 0 Å². The molecule has 1 aliphatic rings. The number of likely N-dealkylation sites (N-methyl/N-ethyl adjacent to an activating group) is 1. The number of rotatable bonds is 3. The van der Waals surface area contributed by atoms with Crippen molar-refractivity contribution in [3.8, 4) is 0 Å². The standard InChI is InChI=1S/C15H29N3O3/c1-6-11-8-9-18(7-2)10-12(13(19)16-11)17-14(20)21-15(3,4)5/h11-12H,6-10H2,1-5H3,(H,16,19)(H,17,20)/t11-,12+/m1/s1. The van der Waals surface area contributed by atoms with Gasteiger partial charge in [0.1, 0.15) is 11.6 Å². The van der Waals surface area contributed by atoms with Crippen LogP contribution < -0.4 is 10.6 Å². The fraction of sp³-hybridized carbons (Fsp3) is 0.867. The molecule has 0 saturated carbocycles. The molecule has 21 heavy (non-hydrogen) atoms. The SMILES string of the molecule is CC[C@@H]1CCN(CC)C[C@H](NC(=O)OC(C)(C)C)C(=O)N1. The molecule has 6 nitrogen and oxygen atoms in total. The first kappa shape index (κ1) is 17.8. The third-order valence-corrected chi connectivity index (χ3v) is 3.53. The zero-order valence-electron chi connectivity index (χ0n) is 13.9. The van der Waals surface area contributed by atoms with Crippen molar-refractivity contribution in [2.24, 2.45) is 0 Å². The van der Waals surface area contributed by atoms with Gasteiger partial charge in [-0.2, -0.15) is 0 Å². The normalized spacial score (nSPS) is 24.7. The number of hydrogen-bond donors (Lipinski definition) is 2. The van der Waals surface area contributed by atoms with Gasteiger partial charge in [-0.3, -0.25) is 4.79 Å². The summed E-state index contributed by atoms with van der Waals surface area (Å²) in [6, 6.07) is -0.413. The highest BCUT2D eigenvalue weighted by atomic mass is 16.6. The number of alkyl carbamates (subject to hydrolysis) is 1.